The highest BCUT2D eigenvalue weighted by molar-refractivity contribution is 7.93. The van der Waals surface area contributed by atoms with Crippen LogP contribution in [0.5, 0.6) is 5.75 Å². The van der Waals surface area contributed by atoms with E-state index in [1.807, 2.05) is 0 Å². The molecule has 5 rings (SSSR count). The molecule has 0 saturated carbocycles. The number of carbonyl (C=O) groups excluding carboxylic acids is 1. The van der Waals surface area contributed by atoms with Crippen LogP contribution >= 0.6 is 0 Å². The first-order valence-corrected chi connectivity index (χ1v) is 16.2. The van der Waals surface area contributed by atoms with Crippen LogP contribution < -0.4 is 25.0 Å². The van der Waals surface area contributed by atoms with Gasteiger partial charge in [-0.1, -0.05) is 18.2 Å². The number of nitrogens with zero attached hydrogens (tertiary/aromatic N) is 3. The summed E-state index contributed by atoms with van der Waals surface area (Å²) in [6.45, 7) is 0. The van der Waals surface area contributed by atoms with Crippen molar-refractivity contribution in [1.82, 2.24) is 15.2 Å². The fourth-order valence-corrected chi connectivity index (χ4v) is 6.57. The maximum Gasteiger partial charge on any atom is 0.416 e. The zero-order valence-corrected chi connectivity index (χ0v) is 25.9. The number of hydrogen-bond donors (Lipinski definition) is 4. The first kappa shape index (κ1) is 33.5. The van der Waals surface area contributed by atoms with Crippen molar-refractivity contribution in [3.05, 3.63) is 107 Å². The molecule has 1 heterocycles. The lowest BCUT2D eigenvalue weighted by Gasteiger charge is -2.15. The predicted molar refractivity (Wildman–Crippen MR) is 166 cm³/mol. The molecule has 0 aliphatic carbocycles. The molecular formula is C28H22F3N7O8S2. The van der Waals surface area contributed by atoms with E-state index >= 15 is 0 Å². The van der Waals surface area contributed by atoms with Gasteiger partial charge in [0.2, 0.25) is 0 Å². The van der Waals surface area contributed by atoms with E-state index in [-0.39, 0.29) is 44.3 Å². The van der Waals surface area contributed by atoms with Gasteiger partial charge < -0.3 is 4.74 Å². The highest BCUT2D eigenvalue weighted by Crippen LogP contribution is 2.32. The molecule has 250 valence electrons. The summed E-state index contributed by atoms with van der Waals surface area (Å²) >= 11 is 0. The van der Waals surface area contributed by atoms with E-state index in [2.05, 4.69) is 25.4 Å². The third-order valence-corrected chi connectivity index (χ3v) is 9.36. The molecule has 1 amide bonds. The molecule has 0 unspecified atom stereocenters. The van der Waals surface area contributed by atoms with Crippen LogP contribution in [0.1, 0.15) is 5.56 Å². The maximum atomic E-state index is 13.2. The fraction of sp³-hybridized carbons (Fsp3) is 0.0714. The minimum absolute atomic E-state index is 0.00376. The summed E-state index contributed by atoms with van der Waals surface area (Å²) in [6.07, 6.45) is -3.60. The summed E-state index contributed by atoms with van der Waals surface area (Å²) in [4.78, 5) is 22.4. The van der Waals surface area contributed by atoms with Crippen LogP contribution in [0.3, 0.4) is 0 Å². The van der Waals surface area contributed by atoms with Crippen molar-refractivity contribution in [2.45, 2.75) is 16.0 Å². The number of nitro groups is 1. The van der Waals surface area contributed by atoms with Crippen molar-refractivity contribution < 1.29 is 44.5 Å². The highest BCUT2D eigenvalue weighted by Gasteiger charge is 2.32. The van der Waals surface area contributed by atoms with Gasteiger partial charge in [-0.05, 0) is 54.6 Å². The standard InChI is InChI=1S/C28H22F3N7O8S2/c1-46-26-15-19(11-12-23(26)33-34-27(39)37-24-9-4-10-25(38(40)41)22(24)16-32-37)36-48(44,45)21-8-3-6-18(14-21)35-47(42,43)20-7-2-5-17(13-20)28(29,30)31/h2-16,33,35-36H,1H3,(H,34,39). The van der Waals surface area contributed by atoms with Gasteiger partial charge in [-0.15, -0.1) is 0 Å². The van der Waals surface area contributed by atoms with Crippen LogP contribution in [0.2, 0.25) is 0 Å². The monoisotopic (exact) mass is 705 g/mol. The molecular weight excluding hydrogens is 683 g/mol. The number of alkyl halides is 3. The first-order chi connectivity index (χ1) is 22.6. The second-order valence-electron chi connectivity index (χ2n) is 9.76. The Morgan fingerprint density at radius 2 is 1.50 bits per heavy atom. The molecule has 0 bridgehead atoms. The number of hydrogen-bond acceptors (Lipinski definition) is 10. The normalized spacial score (nSPS) is 11.9. The lowest BCUT2D eigenvalue weighted by molar-refractivity contribution is -0.383. The Morgan fingerprint density at radius 1 is 0.875 bits per heavy atom. The molecule has 0 spiro atoms. The van der Waals surface area contributed by atoms with Crippen LogP contribution in [0.15, 0.2) is 101 Å². The molecule has 0 aliphatic rings. The first-order valence-electron chi connectivity index (χ1n) is 13.3. The van der Waals surface area contributed by atoms with Crippen molar-refractivity contribution in [2.24, 2.45) is 0 Å². The summed E-state index contributed by atoms with van der Waals surface area (Å²) in [7, 11) is -7.59. The van der Waals surface area contributed by atoms with Crippen LogP contribution in [0.4, 0.5) is 40.7 Å². The molecule has 0 aliphatic heterocycles. The molecule has 1 aromatic heterocycles. The van der Waals surface area contributed by atoms with Gasteiger partial charge >= 0.3 is 12.2 Å². The zero-order chi connectivity index (χ0) is 34.9. The molecule has 5 aromatic rings. The largest absolute Gasteiger partial charge is 0.494 e. The summed E-state index contributed by atoms with van der Waals surface area (Å²) in [6, 6.07) is 15.0. The number of nitrogens with one attached hydrogen (secondary N) is 4. The third kappa shape index (κ3) is 7.08. The average Bonchev–Trinajstić information content (AvgIpc) is 3.48. The Bertz CT molecular complexity index is 2280. The molecule has 4 aromatic carbocycles. The number of amides is 1. The summed E-state index contributed by atoms with van der Waals surface area (Å²) in [5, 5.41) is 15.3. The van der Waals surface area contributed by atoms with Gasteiger partial charge in [0, 0.05) is 12.1 Å². The summed E-state index contributed by atoms with van der Waals surface area (Å²) in [5.74, 6) is 0.0686. The summed E-state index contributed by atoms with van der Waals surface area (Å²) in [5.41, 5.74) is 3.69. The second kappa shape index (κ2) is 12.7. The SMILES string of the molecule is COc1cc(NS(=O)(=O)c2cccc(NS(=O)(=O)c3cccc(C(F)(F)F)c3)c2)ccc1NNC(=O)n1ncc2c([N+](=O)[O-])cccc21. The van der Waals surface area contributed by atoms with Crippen molar-refractivity contribution in [2.75, 3.05) is 22.0 Å². The Labute approximate surface area is 269 Å². The van der Waals surface area contributed by atoms with Crippen LogP contribution in [0, 0.1) is 10.1 Å². The number of sulfonamides is 2. The Morgan fingerprint density at radius 3 is 2.15 bits per heavy atom. The zero-order valence-electron chi connectivity index (χ0n) is 24.2. The van der Waals surface area contributed by atoms with E-state index in [0.717, 1.165) is 22.9 Å². The molecule has 0 fully saturated rings. The van der Waals surface area contributed by atoms with E-state index < -0.39 is 47.6 Å². The summed E-state index contributed by atoms with van der Waals surface area (Å²) < 4.78 is 102. The molecule has 48 heavy (non-hydrogen) atoms. The lowest BCUT2D eigenvalue weighted by atomic mass is 10.2. The van der Waals surface area contributed by atoms with Gasteiger partial charge in [-0.2, -0.15) is 23.0 Å². The van der Waals surface area contributed by atoms with E-state index in [4.69, 9.17) is 4.74 Å². The van der Waals surface area contributed by atoms with Gasteiger partial charge in [0.25, 0.3) is 25.7 Å². The Balaban J connectivity index is 1.29. The number of halogens is 3. The molecule has 4 N–H and O–H groups in total. The highest BCUT2D eigenvalue weighted by atomic mass is 32.2. The van der Waals surface area contributed by atoms with E-state index in [1.54, 1.807) is 0 Å². The quantitative estimate of drug-likeness (QED) is 0.111. The van der Waals surface area contributed by atoms with Gasteiger partial charge in [0.1, 0.15) is 5.75 Å². The Hall–Kier alpha value is -5.89. The van der Waals surface area contributed by atoms with Gasteiger partial charge in [0.15, 0.2) is 0 Å². The Kier molecular flexibility index (Phi) is 8.87. The number of nitro benzene ring substituents is 1. The lowest BCUT2D eigenvalue weighted by Crippen LogP contribution is -2.34. The minimum Gasteiger partial charge on any atom is -0.494 e. The number of aromatic nitrogens is 2. The van der Waals surface area contributed by atoms with Crippen LogP contribution in [-0.2, 0) is 26.2 Å². The molecule has 0 saturated heterocycles. The topological polar surface area (TPSA) is 204 Å². The maximum absolute atomic E-state index is 13.2. The number of carbonyl (C=O) groups is 1. The molecule has 0 radical (unpaired) electrons. The number of ether oxygens (including phenoxy) is 1. The number of methoxy groups -OCH3 is 1. The smallest absolute Gasteiger partial charge is 0.416 e. The molecule has 0 atom stereocenters. The number of anilines is 3. The van der Waals surface area contributed by atoms with Crippen molar-refractivity contribution >= 4 is 59.7 Å². The molecule has 15 nitrogen and oxygen atoms in total. The van der Waals surface area contributed by atoms with Gasteiger partial charge in [0.05, 0.1) is 61.5 Å². The van der Waals surface area contributed by atoms with Crippen LogP contribution in [0.25, 0.3) is 10.9 Å². The number of non-ortho nitro benzene ring substituents is 1. The predicted octanol–water partition coefficient (Wildman–Crippen LogP) is 5.16. The fourth-order valence-electron chi connectivity index (χ4n) is 4.38. The molecule has 20 heteroatoms. The van der Waals surface area contributed by atoms with Crippen molar-refractivity contribution in [3.63, 3.8) is 0 Å². The second-order valence-corrected chi connectivity index (χ2v) is 13.1. The minimum atomic E-state index is -4.78. The van der Waals surface area contributed by atoms with E-state index in [1.165, 1.54) is 67.9 Å². The number of rotatable bonds is 10. The number of fused-ring (bicyclic) bond motifs is 1. The van der Waals surface area contributed by atoms with Gasteiger partial charge in [-0.25, -0.2) is 27.1 Å². The van der Waals surface area contributed by atoms with E-state index in [9.17, 15) is 44.9 Å². The van der Waals surface area contributed by atoms with Crippen molar-refractivity contribution in [3.8, 4) is 5.75 Å². The van der Waals surface area contributed by atoms with Crippen molar-refractivity contribution in [1.29, 1.82) is 0 Å². The van der Waals surface area contributed by atoms with E-state index in [0.29, 0.717) is 12.1 Å². The number of benzene rings is 4. The third-order valence-electron chi connectivity index (χ3n) is 6.61. The van der Waals surface area contributed by atoms with Gasteiger partial charge in [-0.3, -0.25) is 25.0 Å². The van der Waals surface area contributed by atoms with Crippen LogP contribution in [-0.4, -0.2) is 44.7 Å². The number of hydrazine groups is 1. The average molecular weight is 706 g/mol.